The summed E-state index contributed by atoms with van der Waals surface area (Å²) in [4.78, 5) is 24.1. The molecule has 0 spiro atoms. The number of carbonyl (C=O) groups is 2. The van der Waals surface area contributed by atoms with Crippen LogP contribution in [0.4, 0.5) is 0 Å². The first kappa shape index (κ1) is 20.0. The molecule has 26 heavy (non-hydrogen) atoms. The molecule has 0 aliphatic carbocycles. The van der Waals surface area contributed by atoms with Crippen molar-refractivity contribution in [1.82, 2.24) is 10.6 Å². The Kier molecular flexibility index (Phi) is 7.67. The molecular weight excluding hydrogens is 348 g/mol. The highest BCUT2D eigenvalue weighted by atomic mass is 35.5. The van der Waals surface area contributed by atoms with Crippen molar-refractivity contribution in [2.24, 2.45) is 5.92 Å². The number of amides is 2. The Morgan fingerprint density at radius 3 is 2.23 bits per heavy atom. The summed E-state index contributed by atoms with van der Waals surface area (Å²) in [5, 5.41) is 6.31. The molecule has 0 aliphatic rings. The number of benzene rings is 2. The maximum atomic E-state index is 12.1. The zero-order valence-corrected chi connectivity index (χ0v) is 15.9. The number of carbonyl (C=O) groups excluding carboxylic acids is 2. The molecule has 1 unspecified atom stereocenters. The van der Waals surface area contributed by atoms with Gasteiger partial charge in [0.05, 0.1) is 0 Å². The van der Waals surface area contributed by atoms with Gasteiger partial charge in [-0.2, -0.15) is 0 Å². The van der Waals surface area contributed by atoms with Crippen LogP contribution >= 0.6 is 11.6 Å². The highest BCUT2D eigenvalue weighted by Crippen LogP contribution is 2.23. The molecule has 0 saturated heterocycles. The van der Waals surface area contributed by atoms with E-state index in [-0.39, 0.29) is 24.2 Å². The summed E-state index contributed by atoms with van der Waals surface area (Å²) in [7, 11) is 0. The van der Waals surface area contributed by atoms with Crippen molar-refractivity contribution in [3.05, 3.63) is 70.7 Å². The van der Waals surface area contributed by atoms with Gasteiger partial charge in [0.25, 0.3) is 5.91 Å². The molecule has 0 aliphatic heterocycles. The average molecular weight is 373 g/mol. The van der Waals surface area contributed by atoms with E-state index in [9.17, 15) is 9.59 Å². The third-order valence-electron chi connectivity index (χ3n) is 4.30. The lowest BCUT2D eigenvalue weighted by molar-refractivity contribution is -0.121. The van der Waals surface area contributed by atoms with Gasteiger partial charge in [-0.25, -0.2) is 0 Å². The van der Waals surface area contributed by atoms with Gasteiger partial charge in [-0.3, -0.25) is 9.59 Å². The molecule has 2 amide bonds. The normalized spacial score (nSPS) is 11.8. The van der Waals surface area contributed by atoms with Crippen molar-refractivity contribution in [1.29, 1.82) is 0 Å². The highest BCUT2D eigenvalue weighted by Gasteiger charge is 2.16. The van der Waals surface area contributed by atoms with Crippen LogP contribution in [0, 0.1) is 5.92 Å². The molecule has 0 heterocycles. The highest BCUT2D eigenvalue weighted by molar-refractivity contribution is 6.30. The lowest BCUT2D eigenvalue weighted by Crippen LogP contribution is -2.33. The molecule has 4 nitrogen and oxygen atoms in total. The lowest BCUT2D eigenvalue weighted by atomic mass is 9.88. The molecule has 2 N–H and O–H groups in total. The minimum atomic E-state index is -0.209. The molecule has 0 bridgehead atoms. The molecule has 5 heteroatoms. The molecule has 2 aromatic rings. The number of halogens is 1. The summed E-state index contributed by atoms with van der Waals surface area (Å²) in [5.41, 5.74) is 1.75. The van der Waals surface area contributed by atoms with Gasteiger partial charge in [-0.15, -0.1) is 0 Å². The van der Waals surface area contributed by atoms with Crippen molar-refractivity contribution < 1.29 is 9.59 Å². The Hall–Kier alpha value is -2.33. The van der Waals surface area contributed by atoms with E-state index >= 15 is 0 Å². The van der Waals surface area contributed by atoms with Crippen LogP contribution in [-0.2, 0) is 4.79 Å². The molecule has 2 aromatic carbocycles. The molecule has 0 aromatic heterocycles. The molecule has 0 fully saturated rings. The average Bonchev–Trinajstić information content (AvgIpc) is 2.63. The second kappa shape index (κ2) is 9.97. The zero-order valence-electron chi connectivity index (χ0n) is 15.2. The van der Waals surface area contributed by atoms with E-state index in [0.717, 1.165) is 0 Å². The number of nitrogens with one attached hydrogen (secondary N) is 2. The van der Waals surface area contributed by atoms with Crippen LogP contribution in [0.3, 0.4) is 0 Å². The summed E-state index contributed by atoms with van der Waals surface area (Å²) < 4.78 is 0. The minimum absolute atomic E-state index is 0.0667. The lowest BCUT2D eigenvalue weighted by Gasteiger charge is -2.22. The van der Waals surface area contributed by atoms with Gasteiger partial charge in [-0.1, -0.05) is 55.8 Å². The van der Waals surface area contributed by atoms with Crippen molar-refractivity contribution in [3.8, 4) is 0 Å². The molecule has 0 radical (unpaired) electrons. The maximum absolute atomic E-state index is 12.1. The Bertz CT molecular complexity index is 715. The second-order valence-electron chi connectivity index (χ2n) is 6.58. The van der Waals surface area contributed by atoms with Crippen molar-refractivity contribution >= 4 is 23.4 Å². The Morgan fingerprint density at radius 1 is 0.962 bits per heavy atom. The first-order valence-corrected chi connectivity index (χ1v) is 9.20. The van der Waals surface area contributed by atoms with Gasteiger partial charge in [0.15, 0.2) is 0 Å². The summed E-state index contributed by atoms with van der Waals surface area (Å²) >= 11 is 5.80. The molecule has 138 valence electrons. The zero-order chi connectivity index (χ0) is 18.9. The van der Waals surface area contributed by atoms with E-state index in [0.29, 0.717) is 29.6 Å². The first-order chi connectivity index (χ1) is 12.5. The number of rotatable bonds is 8. The van der Waals surface area contributed by atoms with Crippen LogP contribution in [0.15, 0.2) is 54.6 Å². The predicted octanol–water partition coefficient (Wildman–Crippen LogP) is 4.02. The van der Waals surface area contributed by atoms with Crippen molar-refractivity contribution in [2.75, 3.05) is 13.1 Å². The second-order valence-corrected chi connectivity index (χ2v) is 7.01. The van der Waals surface area contributed by atoms with Gasteiger partial charge >= 0.3 is 0 Å². The third kappa shape index (κ3) is 6.19. The third-order valence-corrected chi connectivity index (χ3v) is 4.55. The molecule has 0 saturated carbocycles. The van der Waals surface area contributed by atoms with Crippen LogP contribution in [0.1, 0.15) is 42.1 Å². The minimum Gasteiger partial charge on any atom is -0.355 e. The fourth-order valence-electron chi connectivity index (χ4n) is 2.74. The van der Waals surface area contributed by atoms with Gasteiger partial charge in [0.1, 0.15) is 0 Å². The largest absolute Gasteiger partial charge is 0.355 e. The fraction of sp³-hybridized carbons (Fsp3) is 0.333. The van der Waals surface area contributed by atoms with E-state index in [1.165, 1.54) is 5.56 Å². The van der Waals surface area contributed by atoms with Crippen molar-refractivity contribution in [3.63, 3.8) is 0 Å². The van der Waals surface area contributed by atoms with Crippen LogP contribution < -0.4 is 10.6 Å². The van der Waals surface area contributed by atoms with Gasteiger partial charge in [-0.05, 0) is 35.7 Å². The van der Waals surface area contributed by atoms with Crippen LogP contribution in [0.2, 0.25) is 5.02 Å². The standard InChI is InChI=1S/C21H25ClN2O2/c1-15(2)19(16-6-4-3-5-7-16)14-24-20(25)12-13-23-21(26)17-8-10-18(22)11-9-17/h3-11,15,19H,12-14H2,1-2H3,(H,23,26)(H,24,25). The molecule has 1 atom stereocenters. The van der Waals surface area contributed by atoms with E-state index in [4.69, 9.17) is 11.6 Å². The van der Waals surface area contributed by atoms with E-state index in [1.54, 1.807) is 24.3 Å². The summed E-state index contributed by atoms with van der Waals surface area (Å²) in [6.45, 7) is 5.18. The quantitative estimate of drug-likeness (QED) is 0.735. The number of hydrogen-bond acceptors (Lipinski definition) is 2. The Balaban J connectivity index is 1.76. The summed E-state index contributed by atoms with van der Waals surface area (Å²) in [5.74, 6) is 0.410. The smallest absolute Gasteiger partial charge is 0.251 e. The van der Waals surface area contributed by atoms with Crippen LogP contribution in [0.5, 0.6) is 0 Å². The van der Waals surface area contributed by atoms with Crippen LogP contribution in [0.25, 0.3) is 0 Å². The maximum Gasteiger partial charge on any atom is 0.251 e. The van der Waals surface area contributed by atoms with Gasteiger partial charge in [0.2, 0.25) is 5.91 Å². The van der Waals surface area contributed by atoms with E-state index in [2.05, 4.69) is 36.6 Å². The summed E-state index contributed by atoms with van der Waals surface area (Å²) in [6, 6.07) is 16.8. The monoisotopic (exact) mass is 372 g/mol. The summed E-state index contributed by atoms with van der Waals surface area (Å²) in [6.07, 6.45) is 0.249. The van der Waals surface area contributed by atoms with Crippen molar-refractivity contribution in [2.45, 2.75) is 26.2 Å². The SMILES string of the molecule is CC(C)C(CNC(=O)CCNC(=O)c1ccc(Cl)cc1)c1ccccc1. The van der Waals surface area contributed by atoms with Gasteiger partial charge < -0.3 is 10.6 Å². The molecule has 2 rings (SSSR count). The fourth-order valence-corrected chi connectivity index (χ4v) is 2.87. The van der Waals surface area contributed by atoms with Crippen LogP contribution in [-0.4, -0.2) is 24.9 Å². The predicted molar refractivity (Wildman–Crippen MR) is 105 cm³/mol. The number of hydrogen-bond donors (Lipinski definition) is 2. The van der Waals surface area contributed by atoms with Gasteiger partial charge in [0, 0.05) is 36.0 Å². The van der Waals surface area contributed by atoms with E-state index in [1.807, 2.05) is 18.2 Å². The van der Waals surface area contributed by atoms with E-state index < -0.39 is 0 Å². The molecular formula is C21H25ClN2O2. The Labute approximate surface area is 159 Å². The first-order valence-electron chi connectivity index (χ1n) is 8.82. The Morgan fingerprint density at radius 2 is 1.62 bits per heavy atom. The topological polar surface area (TPSA) is 58.2 Å².